The maximum Gasteiger partial charge on any atom is 0.251 e. The van der Waals surface area contributed by atoms with Crippen molar-refractivity contribution >= 4 is 5.91 Å². The van der Waals surface area contributed by atoms with Gasteiger partial charge in [0, 0.05) is 12.1 Å². The molecule has 0 aliphatic heterocycles. The zero-order valence-electron chi connectivity index (χ0n) is 10.4. The van der Waals surface area contributed by atoms with Gasteiger partial charge in [-0.05, 0) is 17.7 Å². The Labute approximate surface area is 112 Å². The number of carbonyl (C=O) groups is 1. The molecule has 0 heterocycles. The highest BCUT2D eigenvalue weighted by Crippen LogP contribution is 2.13. The largest absolute Gasteiger partial charge is 0.350 e. The first-order valence-corrected chi connectivity index (χ1v) is 6.09. The van der Waals surface area contributed by atoms with E-state index in [0.29, 0.717) is 12.1 Å². The zero-order chi connectivity index (χ0) is 13.5. The van der Waals surface area contributed by atoms with E-state index in [9.17, 15) is 4.79 Å². The second kappa shape index (κ2) is 6.36. The van der Waals surface area contributed by atoms with Crippen LogP contribution in [0.2, 0.25) is 0 Å². The molecule has 0 bridgehead atoms. The van der Waals surface area contributed by atoms with Gasteiger partial charge in [-0.3, -0.25) is 4.79 Å². The number of nitrogens with zero attached hydrogens (tertiary/aromatic N) is 1. The van der Waals surface area contributed by atoms with Gasteiger partial charge in [-0.25, -0.2) is 0 Å². The molecule has 1 atom stereocenters. The number of carbonyl (C=O) groups excluding carboxylic acids is 1. The van der Waals surface area contributed by atoms with Gasteiger partial charge in [0.15, 0.2) is 0 Å². The Balaban J connectivity index is 1.98. The minimum atomic E-state index is -0.325. The fraction of sp³-hybridized carbons (Fsp3) is 0.125. The fourth-order valence-electron chi connectivity index (χ4n) is 1.81. The lowest BCUT2D eigenvalue weighted by molar-refractivity contribution is 0.0953. The first-order chi connectivity index (χ1) is 9.31. The van der Waals surface area contributed by atoms with Crippen molar-refractivity contribution in [2.45, 2.75) is 5.92 Å². The smallest absolute Gasteiger partial charge is 0.251 e. The lowest BCUT2D eigenvalue weighted by atomic mass is 10.0. The number of hydrogen-bond donors (Lipinski definition) is 1. The van der Waals surface area contributed by atoms with Crippen LogP contribution in [0.4, 0.5) is 0 Å². The summed E-state index contributed by atoms with van der Waals surface area (Å²) < 4.78 is 0. The van der Waals surface area contributed by atoms with Crippen molar-refractivity contribution in [1.29, 1.82) is 5.26 Å². The molecule has 1 N–H and O–H groups in total. The van der Waals surface area contributed by atoms with Crippen molar-refractivity contribution in [3.05, 3.63) is 71.8 Å². The van der Waals surface area contributed by atoms with Crippen LogP contribution in [0.5, 0.6) is 0 Å². The Kier molecular flexibility index (Phi) is 4.30. The molecule has 1 unspecified atom stereocenters. The maximum atomic E-state index is 11.9. The van der Waals surface area contributed by atoms with Crippen molar-refractivity contribution in [3.63, 3.8) is 0 Å². The molecule has 3 nitrogen and oxygen atoms in total. The normalized spacial score (nSPS) is 11.3. The van der Waals surface area contributed by atoms with Gasteiger partial charge in [0.1, 0.15) is 0 Å². The van der Waals surface area contributed by atoms with Gasteiger partial charge in [0.05, 0.1) is 12.0 Å². The molecule has 0 aliphatic carbocycles. The molecule has 0 spiro atoms. The first kappa shape index (κ1) is 12.8. The van der Waals surface area contributed by atoms with E-state index in [1.807, 2.05) is 48.5 Å². The molecule has 0 aliphatic rings. The summed E-state index contributed by atoms with van der Waals surface area (Å²) in [4.78, 5) is 11.9. The minimum absolute atomic E-state index is 0.156. The average molecular weight is 250 g/mol. The summed E-state index contributed by atoms with van der Waals surface area (Å²) in [7, 11) is 0. The lowest BCUT2D eigenvalue weighted by Crippen LogP contribution is -2.27. The molecule has 2 aromatic carbocycles. The van der Waals surface area contributed by atoms with E-state index in [4.69, 9.17) is 5.26 Å². The summed E-state index contributed by atoms with van der Waals surface area (Å²) in [5.74, 6) is -0.481. The molecule has 0 saturated carbocycles. The van der Waals surface area contributed by atoms with Crippen molar-refractivity contribution in [3.8, 4) is 6.07 Å². The summed E-state index contributed by atoms with van der Waals surface area (Å²) >= 11 is 0. The Morgan fingerprint density at radius 2 is 1.63 bits per heavy atom. The Morgan fingerprint density at radius 3 is 2.21 bits per heavy atom. The number of nitrogens with one attached hydrogen (secondary N) is 1. The van der Waals surface area contributed by atoms with Crippen molar-refractivity contribution < 1.29 is 4.79 Å². The number of amides is 1. The second-order valence-electron chi connectivity index (χ2n) is 4.17. The third-order valence-corrected chi connectivity index (χ3v) is 2.86. The van der Waals surface area contributed by atoms with E-state index >= 15 is 0 Å². The molecule has 0 saturated heterocycles. The van der Waals surface area contributed by atoms with Crippen LogP contribution >= 0.6 is 0 Å². The molecule has 94 valence electrons. The van der Waals surface area contributed by atoms with Crippen LogP contribution in [0.15, 0.2) is 60.7 Å². The quantitative estimate of drug-likeness (QED) is 0.907. The van der Waals surface area contributed by atoms with E-state index in [1.54, 1.807) is 12.1 Å². The molecular weight excluding hydrogens is 236 g/mol. The van der Waals surface area contributed by atoms with Crippen LogP contribution in [-0.4, -0.2) is 12.5 Å². The van der Waals surface area contributed by atoms with Gasteiger partial charge in [0.2, 0.25) is 0 Å². The van der Waals surface area contributed by atoms with Crippen molar-refractivity contribution in [2.24, 2.45) is 0 Å². The van der Waals surface area contributed by atoms with Gasteiger partial charge in [-0.1, -0.05) is 48.5 Å². The first-order valence-electron chi connectivity index (χ1n) is 6.09. The van der Waals surface area contributed by atoms with Crippen LogP contribution in [0.3, 0.4) is 0 Å². The average Bonchev–Trinajstić information content (AvgIpc) is 2.49. The summed E-state index contributed by atoms with van der Waals surface area (Å²) in [5, 5.41) is 11.9. The molecular formula is C16H14N2O. The molecule has 2 aromatic rings. The second-order valence-corrected chi connectivity index (χ2v) is 4.17. The third kappa shape index (κ3) is 3.43. The van der Waals surface area contributed by atoms with Gasteiger partial charge in [-0.2, -0.15) is 5.26 Å². The summed E-state index contributed by atoms with van der Waals surface area (Å²) in [6.07, 6.45) is 0. The summed E-state index contributed by atoms with van der Waals surface area (Å²) in [6.45, 7) is 0.314. The van der Waals surface area contributed by atoms with Crippen LogP contribution in [0.1, 0.15) is 21.8 Å². The zero-order valence-corrected chi connectivity index (χ0v) is 10.4. The Bertz CT molecular complexity index is 573. The molecule has 0 fully saturated rings. The van der Waals surface area contributed by atoms with E-state index in [1.165, 1.54) is 0 Å². The van der Waals surface area contributed by atoms with E-state index < -0.39 is 0 Å². The van der Waals surface area contributed by atoms with Crippen LogP contribution in [-0.2, 0) is 0 Å². The van der Waals surface area contributed by atoms with Crippen LogP contribution in [0, 0.1) is 11.3 Å². The number of rotatable bonds is 4. The number of nitriles is 1. The highest BCUT2D eigenvalue weighted by atomic mass is 16.1. The summed E-state index contributed by atoms with van der Waals surface area (Å²) in [6, 6.07) is 20.7. The van der Waals surface area contributed by atoms with Crippen LogP contribution < -0.4 is 5.32 Å². The standard InChI is InChI=1S/C16H14N2O/c17-11-15(13-7-3-1-4-8-13)12-18-16(19)14-9-5-2-6-10-14/h1-10,15H,12H2,(H,18,19). The predicted octanol–water partition coefficient (Wildman–Crippen LogP) is 2.72. The molecule has 0 aromatic heterocycles. The maximum absolute atomic E-state index is 11.9. The summed E-state index contributed by atoms with van der Waals surface area (Å²) in [5.41, 5.74) is 1.52. The highest BCUT2D eigenvalue weighted by molar-refractivity contribution is 5.94. The Morgan fingerprint density at radius 1 is 1.05 bits per heavy atom. The molecule has 3 heteroatoms. The Hall–Kier alpha value is -2.60. The number of hydrogen-bond acceptors (Lipinski definition) is 2. The third-order valence-electron chi connectivity index (χ3n) is 2.86. The number of benzene rings is 2. The van der Waals surface area contributed by atoms with Gasteiger partial charge < -0.3 is 5.32 Å². The highest BCUT2D eigenvalue weighted by Gasteiger charge is 2.12. The minimum Gasteiger partial charge on any atom is -0.350 e. The van der Waals surface area contributed by atoms with Crippen molar-refractivity contribution in [2.75, 3.05) is 6.54 Å². The molecule has 0 radical (unpaired) electrons. The molecule has 19 heavy (non-hydrogen) atoms. The van der Waals surface area contributed by atoms with E-state index in [0.717, 1.165) is 5.56 Å². The predicted molar refractivity (Wildman–Crippen MR) is 73.6 cm³/mol. The van der Waals surface area contributed by atoms with E-state index in [2.05, 4.69) is 11.4 Å². The van der Waals surface area contributed by atoms with Crippen LogP contribution in [0.25, 0.3) is 0 Å². The molecule has 2 rings (SSSR count). The topological polar surface area (TPSA) is 52.9 Å². The van der Waals surface area contributed by atoms with Crippen molar-refractivity contribution in [1.82, 2.24) is 5.32 Å². The van der Waals surface area contributed by atoms with Gasteiger partial charge >= 0.3 is 0 Å². The van der Waals surface area contributed by atoms with Gasteiger partial charge in [0.25, 0.3) is 5.91 Å². The van der Waals surface area contributed by atoms with Gasteiger partial charge in [-0.15, -0.1) is 0 Å². The SMILES string of the molecule is N#CC(CNC(=O)c1ccccc1)c1ccccc1. The lowest BCUT2D eigenvalue weighted by Gasteiger charge is -2.10. The molecule has 1 amide bonds. The van der Waals surface area contributed by atoms with E-state index in [-0.39, 0.29) is 11.8 Å². The fourth-order valence-corrected chi connectivity index (χ4v) is 1.81. The monoisotopic (exact) mass is 250 g/mol.